The number of aliphatic hydroxyl groups excluding tert-OH is 1. The van der Waals surface area contributed by atoms with E-state index in [0.717, 1.165) is 96.3 Å². The molecular weight excluding hydrogens is 1200 g/mol. The van der Waals surface area contributed by atoms with Crippen molar-refractivity contribution in [2.24, 2.45) is 5.92 Å². The summed E-state index contributed by atoms with van der Waals surface area (Å²) in [6.07, 6.45) is 52.7. The predicted octanol–water partition coefficient (Wildman–Crippen LogP) is 20.9. The van der Waals surface area contributed by atoms with Crippen LogP contribution in [0, 0.1) is 5.92 Å². The molecule has 0 aromatic rings. The second-order valence-electron chi connectivity index (χ2n) is 26.5. The fourth-order valence-corrected chi connectivity index (χ4v) is 12.6. The molecule has 0 bridgehead atoms. The molecule has 0 saturated heterocycles. The van der Waals surface area contributed by atoms with Crippen LogP contribution in [0.2, 0.25) is 0 Å². The highest BCUT2D eigenvalue weighted by Gasteiger charge is 2.30. The highest BCUT2D eigenvalue weighted by molar-refractivity contribution is 7.47. The Morgan fingerprint density at radius 1 is 0.297 bits per heavy atom. The van der Waals surface area contributed by atoms with Crippen LogP contribution in [-0.2, 0) is 65.4 Å². The molecule has 0 aliphatic carbocycles. The standard InChI is InChI=1S/C72H140O17P2/c1-6-9-12-15-18-21-24-27-30-33-36-39-45-50-55-69(74)82-61-67(88-71(76)57-52-47-40-37-34-31-28-25-22-19-16-13-10-7-2)63-86-90(78,79)84-59-66(73)60-85-91(80,81)87-64-68(62-83-70(75)56-51-46-43-42-44-49-54-65(4)5)89-72(77)58-53-48-41-38-35-32-29-26-23-20-17-14-11-8-3/h65-68,73H,6-64H2,1-5H3,(H,78,79)(H,80,81)/t66-,67-,68-/m1/s1. The van der Waals surface area contributed by atoms with E-state index in [2.05, 4.69) is 34.6 Å². The van der Waals surface area contributed by atoms with Crippen molar-refractivity contribution in [2.75, 3.05) is 39.6 Å². The van der Waals surface area contributed by atoms with Gasteiger partial charge in [-0.25, -0.2) is 9.13 Å². The summed E-state index contributed by atoms with van der Waals surface area (Å²) < 4.78 is 68.4. The number of hydrogen-bond donors (Lipinski definition) is 3. The number of aliphatic hydroxyl groups is 1. The number of ether oxygens (including phenoxy) is 4. The summed E-state index contributed by atoms with van der Waals surface area (Å²) >= 11 is 0. The number of unbranched alkanes of at least 4 members (excludes halogenated alkanes) is 44. The molecule has 5 atom stereocenters. The van der Waals surface area contributed by atoms with Crippen molar-refractivity contribution in [3.63, 3.8) is 0 Å². The minimum Gasteiger partial charge on any atom is -0.462 e. The van der Waals surface area contributed by atoms with E-state index in [9.17, 15) is 43.2 Å². The molecular formula is C72H140O17P2. The van der Waals surface area contributed by atoms with Crippen LogP contribution >= 0.6 is 15.6 Å². The molecule has 19 heteroatoms. The Kier molecular flexibility index (Phi) is 64.0. The molecule has 0 amide bonds. The van der Waals surface area contributed by atoms with Gasteiger partial charge in [-0.2, -0.15) is 0 Å². The molecule has 0 saturated carbocycles. The lowest BCUT2D eigenvalue weighted by Crippen LogP contribution is -2.30. The summed E-state index contributed by atoms with van der Waals surface area (Å²) in [5.74, 6) is -1.44. The maximum Gasteiger partial charge on any atom is 0.472 e. The van der Waals surface area contributed by atoms with Crippen molar-refractivity contribution in [2.45, 2.75) is 393 Å². The van der Waals surface area contributed by atoms with E-state index in [1.807, 2.05) is 0 Å². The van der Waals surface area contributed by atoms with Crippen molar-refractivity contribution in [3.8, 4) is 0 Å². The summed E-state index contributed by atoms with van der Waals surface area (Å²) in [6, 6.07) is 0. The van der Waals surface area contributed by atoms with Gasteiger partial charge in [0, 0.05) is 25.7 Å². The maximum atomic E-state index is 13.0. The quantitative estimate of drug-likeness (QED) is 0.0222. The van der Waals surface area contributed by atoms with Crippen molar-refractivity contribution < 1.29 is 80.2 Å². The first-order valence-corrected chi connectivity index (χ1v) is 40.6. The van der Waals surface area contributed by atoms with Gasteiger partial charge in [0.05, 0.1) is 26.4 Å². The molecule has 0 heterocycles. The first kappa shape index (κ1) is 89.1. The normalized spacial score (nSPS) is 14.0. The Hall–Kier alpha value is -1.94. The molecule has 0 aromatic heterocycles. The van der Waals surface area contributed by atoms with Crippen LogP contribution in [-0.4, -0.2) is 96.7 Å². The Morgan fingerprint density at radius 3 is 0.747 bits per heavy atom. The Balaban J connectivity index is 5.24. The average molecular weight is 1340 g/mol. The fraction of sp³-hybridized carbons (Fsp3) is 0.944. The summed E-state index contributed by atoms with van der Waals surface area (Å²) in [7, 11) is -9.90. The van der Waals surface area contributed by atoms with Gasteiger partial charge in [-0.05, 0) is 31.6 Å². The number of hydrogen-bond acceptors (Lipinski definition) is 15. The SMILES string of the molecule is CCCCCCCCCCCCCCCCC(=O)OC[C@H](COP(=O)(O)OC[C@@H](O)COP(=O)(O)OC[C@@H](COC(=O)CCCCCCCCC(C)C)OC(=O)CCCCCCCCCCCCCCCC)OC(=O)CCCCCCCCCCCCCCCC. The number of rotatable bonds is 72. The lowest BCUT2D eigenvalue weighted by atomic mass is 10.0. The van der Waals surface area contributed by atoms with E-state index in [4.69, 9.17) is 37.0 Å². The lowest BCUT2D eigenvalue weighted by Gasteiger charge is -2.21. The largest absolute Gasteiger partial charge is 0.472 e. The summed E-state index contributed by atoms with van der Waals surface area (Å²) in [5, 5.41) is 10.6. The van der Waals surface area contributed by atoms with Gasteiger partial charge >= 0.3 is 39.5 Å². The van der Waals surface area contributed by atoms with Crippen LogP contribution in [0.15, 0.2) is 0 Å². The first-order chi connectivity index (χ1) is 44.0. The van der Waals surface area contributed by atoms with Crippen molar-refractivity contribution in [1.82, 2.24) is 0 Å². The van der Waals surface area contributed by atoms with Crippen molar-refractivity contribution in [3.05, 3.63) is 0 Å². The number of phosphoric ester groups is 2. The summed E-state index contributed by atoms with van der Waals surface area (Å²) in [5.41, 5.74) is 0. The van der Waals surface area contributed by atoms with Crippen LogP contribution in [0.4, 0.5) is 0 Å². The smallest absolute Gasteiger partial charge is 0.462 e. The summed E-state index contributed by atoms with van der Waals surface area (Å²) in [4.78, 5) is 72.6. The number of phosphoric acid groups is 2. The molecule has 3 N–H and O–H groups in total. The van der Waals surface area contributed by atoms with Gasteiger partial charge in [0.25, 0.3) is 0 Å². The van der Waals surface area contributed by atoms with Gasteiger partial charge in [-0.15, -0.1) is 0 Å². The van der Waals surface area contributed by atoms with Crippen LogP contribution in [0.5, 0.6) is 0 Å². The van der Waals surface area contributed by atoms with Gasteiger partial charge in [0.2, 0.25) is 0 Å². The predicted molar refractivity (Wildman–Crippen MR) is 368 cm³/mol. The zero-order valence-electron chi connectivity index (χ0n) is 59.0. The molecule has 17 nitrogen and oxygen atoms in total. The Labute approximate surface area is 556 Å². The van der Waals surface area contributed by atoms with Gasteiger partial charge in [0.1, 0.15) is 19.3 Å². The van der Waals surface area contributed by atoms with Crippen molar-refractivity contribution in [1.29, 1.82) is 0 Å². The molecule has 0 radical (unpaired) electrons. The zero-order chi connectivity index (χ0) is 67.0. The van der Waals surface area contributed by atoms with E-state index in [-0.39, 0.29) is 25.7 Å². The van der Waals surface area contributed by atoms with Crippen LogP contribution in [0.3, 0.4) is 0 Å². The van der Waals surface area contributed by atoms with E-state index in [1.165, 1.54) is 193 Å². The van der Waals surface area contributed by atoms with Gasteiger partial charge in [-0.1, -0.05) is 324 Å². The maximum absolute atomic E-state index is 13.0. The molecule has 0 aliphatic heterocycles. The van der Waals surface area contributed by atoms with Gasteiger partial charge < -0.3 is 33.8 Å². The third-order valence-electron chi connectivity index (χ3n) is 16.8. The van der Waals surface area contributed by atoms with Crippen LogP contribution in [0.1, 0.15) is 375 Å². The fourth-order valence-electron chi connectivity index (χ4n) is 11.0. The third-order valence-corrected chi connectivity index (χ3v) is 18.7. The highest BCUT2D eigenvalue weighted by atomic mass is 31.2. The molecule has 0 aromatic carbocycles. The van der Waals surface area contributed by atoms with E-state index in [0.29, 0.717) is 31.6 Å². The van der Waals surface area contributed by atoms with Gasteiger partial charge in [-0.3, -0.25) is 37.3 Å². The number of carbonyl (C=O) groups excluding carboxylic acids is 4. The minimum atomic E-state index is -4.95. The Bertz CT molecular complexity index is 1750. The topological polar surface area (TPSA) is 237 Å². The monoisotopic (exact) mass is 1340 g/mol. The third kappa shape index (κ3) is 66.5. The van der Waals surface area contributed by atoms with Gasteiger partial charge in [0.15, 0.2) is 12.2 Å². The molecule has 91 heavy (non-hydrogen) atoms. The van der Waals surface area contributed by atoms with E-state index >= 15 is 0 Å². The Morgan fingerprint density at radius 2 is 0.505 bits per heavy atom. The van der Waals surface area contributed by atoms with Crippen LogP contribution < -0.4 is 0 Å². The molecule has 0 aliphatic rings. The highest BCUT2D eigenvalue weighted by Crippen LogP contribution is 2.45. The van der Waals surface area contributed by atoms with Crippen molar-refractivity contribution >= 4 is 39.5 Å². The second-order valence-corrected chi connectivity index (χ2v) is 29.4. The second kappa shape index (κ2) is 65.4. The minimum absolute atomic E-state index is 0.107. The first-order valence-electron chi connectivity index (χ1n) is 37.6. The molecule has 2 unspecified atom stereocenters. The average Bonchev–Trinajstić information content (AvgIpc) is 2.81. The van der Waals surface area contributed by atoms with Crippen LogP contribution in [0.25, 0.3) is 0 Å². The molecule has 0 fully saturated rings. The summed E-state index contributed by atoms with van der Waals surface area (Å²) in [6.45, 7) is 7.19. The number of carbonyl (C=O) groups is 4. The lowest BCUT2D eigenvalue weighted by molar-refractivity contribution is -0.161. The van der Waals surface area contributed by atoms with E-state index in [1.54, 1.807) is 0 Å². The molecule has 0 rings (SSSR count). The molecule has 540 valence electrons. The number of esters is 4. The van der Waals surface area contributed by atoms with E-state index < -0.39 is 97.5 Å². The zero-order valence-corrected chi connectivity index (χ0v) is 60.8. The molecule has 0 spiro atoms.